The molecule has 1 aliphatic heterocycles. The molecule has 1 saturated carbocycles. The monoisotopic (exact) mass is 271 g/mol. The van der Waals surface area contributed by atoms with Crippen LogP contribution in [0.4, 0.5) is 0 Å². The van der Waals surface area contributed by atoms with Crippen molar-refractivity contribution in [1.82, 2.24) is 5.32 Å². The largest absolute Gasteiger partial charge is 0.352 e. The molecule has 1 saturated heterocycles. The van der Waals surface area contributed by atoms with E-state index in [0.29, 0.717) is 6.04 Å². The van der Waals surface area contributed by atoms with E-state index < -0.39 is 0 Å². The summed E-state index contributed by atoms with van der Waals surface area (Å²) in [4.78, 5) is 12.0. The van der Waals surface area contributed by atoms with Crippen molar-refractivity contribution in [1.29, 1.82) is 0 Å². The third kappa shape index (κ3) is 2.89. The standard InChI is InChI=1S/C18H25NO/c20-17-14-18(11-7-2-1-3-8-12-18)16(19-17)13-15-9-5-4-6-10-15/h4-6,9-10,16H,1-3,7-8,11-14H2,(H,19,20). The van der Waals surface area contributed by atoms with Gasteiger partial charge in [-0.1, -0.05) is 62.4 Å². The minimum Gasteiger partial charge on any atom is -0.352 e. The Labute approximate surface area is 122 Å². The lowest BCUT2D eigenvalue weighted by molar-refractivity contribution is -0.119. The smallest absolute Gasteiger partial charge is 0.220 e. The Morgan fingerprint density at radius 3 is 2.35 bits per heavy atom. The lowest BCUT2D eigenvalue weighted by Gasteiger charge is -2.36. The lowest BCUT2D eigenvalue weighted by Crippen LogP contribution is -2.39. The van der Waals surface area contributed by atoms with Crippen LogP contribution in [0.1, 0.15) is 56.9 Å². The van der Waals surface area contributed by atoms with Crippen molar-refractivity contribution in [2.45, 2.75) is 63.8 Å². The van der Waals surface area contributed by atoms with E-state index in [1.54, 1.807) is 0 Å². The Morgan fingerprint density at radius 1 is 1.00 bits per heavy atom. The molecule has 0 aromatic heterocycles. The summed E-state index contributed by atoms with van der Waals surface area (Å²) in [6.45, 7) is 0. The van der Waals surface area contributed by atoms with Gasteiger partial charge in [-0.3, -0.25) is 4.79 Å². The van der Waals surface area contributed by atoms with E-state index in [4.69, 9.17) is 0 Å². The van der Waals surface area contributed by atoms with E-state index >= 15 is 0 Å². The van der Waals surface area contributed by atoms with Gasteiger partial charge in [0.15, 0.2) is 0 Å². The third-order valence-electron chi connectivity index (χ3n) is 5.22. The van der Waals surface area contributed by atoms with E-state index in [1.807, 2.05) is 0 Å². The second-order valence-electron chi connectivity index (χ2n) is 6.62. The molecule has 1 aromatic rings. The van der Waals surface area contributed by atoms with Crippen molar-refractivity contribution in [2.24, 2.45) is 5.41 Å². The zero-order chi connectivity index (χ0) is 13.8. The average Bonchev–Trinajstić information content (AvgIpc) is 2.72. The van der Waals surface area contributed by atoms with E-state index in [-0.39, 0.29) is 11.3 Å². The van der Waals surface area contributed by atoms with Gasteiger partial charge >= 0.3 is 0 Å². The molecule has 20 heavy (non-hydrogen) atoms. The summed E-state index contributed by atoms with van der Waals surface area (Å²) >= 11 is 0. The van der Waals surface area contributed by atoms with Gasteiger partial charge in [-0.25, -0.2) is 0 Å². The zero-order valence-electron chi connectivity index (χ0n) is 12.2. The Hall–Kier alpha value is -1.31. The molecule has 1 unspecified atom stereocenters. The van der Waals surface area contributed by atoms with Crippen LogP contribution >= 0.6 is 0 Å². The molecule has 2 aliphatic rings. The topological polar surface area (TPSA) is 29.1 Å². The molecule has 1 atom stereocenters. The fourth-order valence-electron chi connectivity index (χ4n) is 4.09. The fraction of sp³-hybridized carbons (Fsp3) is 0.611. The quantitative estimate of drug-likeness (QED) is 0.869. The van der Waals surface area contributed by atoms with Gasteiger partial charge in [-0.15, -0.1) is 0 Å². The Balaban J connectivity index is 1.78. The predicted octanol–water partition coefficient (Wildman–Crippen LogP) is 3.85. The normalized spacial score (nSPS) is 26.0. The van der Waals surface area contributed by atoms with Crippen LogP contribution in [0.15, 0.2) is 30.3 Å². The lowest BCUT2D eigenvalue weighted by atomic mass is 9.69. The summed E-state index contributed by atoms with van der Waals surface area (Å²) in [5.41, 5.74) is 1.58. The molecule has 1 N–H and O–H groups in total. The Bertz CT molecular complexity index is 446. The van der Waals surface area contributed by atoms with Gasteiger partial charge in [-0.2, -0.15) is 0 Å². The van der Waals surface area contributed by atoms with Crippen molar-refractivity contribution in [3.63, 3.8) is 0 Å². The molecule has 1 amide bonds. The number of rotatable bonds is 2. The number of carbonyl (C=O) groups excluding carboxylic acids is 1. The van der Waals surface area contributed by atoms with Gasteiger partial charge in [-0.05, 0) is 30.2 Å². The van der Waals surface area contributed by atoms with E-state index in [9.17, 15) is 4.79 Å². The number of nitrogens with one attached hydrogen (secondary N) is 1. The summed E-state index contributed by atoms with van der Waals surface area (Å²) in [5, 5.41) is 3.27. The highest BCUT2D eigenvalue weighted by atomic mass is 16.2. The maximum absolute atomic E-state index is 12.0. The first-order chi connectivity index (χ1) is 9.78. The van der Waals surface area contributed by atoms with Gasteiger partial charge in [0.1, 0.15) is 0 Å². The summed E-state index contributed by atoms with van der Waals surface area (Å²) < 4.78 is 0. The summed E-state index contributed by atoms with van der Waals surface area (Å²) in [6, 6.07) is 11.0. The molecule has 1 spiro atoms. The van der Waals surface area contributed by atoms with Gasteiger partial charge in [0.25, 0.3) is 0 Å². The second kappa shape index (κ2) is 5.99. The maximum atomic E-state index is 12.0. The van der Waals surface area contributed by atoms with Crippen LogP contribution in [-0.4, -0.2) is 11.9 Å². The molecule has 1 heterocycles. The van der Waals surface area contributed by atoms with Crippen molar-refractivity contribution in [2.75, 3.05) is 0 Å². The molecule has 108 valence electrons. The molecule has 2 nitrogen and oxygen atoms in total. The molecule has 1 aliphatic carbocycles. The number of carbonyl (C=O) groups is 1. The van der Waals surface area contributed by atoms with Gasteiger partial charge in [0.2, 0.25) is 5.91 Å². The van der Waals surface area contributed by atoms with Crippen LogP contribution < -0.4 is 5.32 Å². The second-order valence-corrected chi connectivity index (χ2v) is 6.62. The van der Waals surface area contributed by atoms with Crippen LogP contribution in [0.5, 0.6) is 0 Å². The van der Waals surface area contributed by atoms with Crippen LogP contribution in [0.25, 0.3) is 0 Å². The summed E-state index contributed by atoms with van der Waals surface area (Å²) in [7, 11) is 0. The molecule has 1 aromatic carbocycles. The minimum absolute atomic E-state index is 0.230. The Morgan fingerprint density at radius 2 is 1.65 bits per heavy atom. The maximum Gasteiger partial charge on any atom is 0.220 e. The van der Waals surface area contributed by atoms with Gasteiger partial charge in [0, 0.05) is 12.5 Å². The van der Waals surface area contributed by atoms with Crippen molar-refractivity contribution >= 4 is 5.91 Å². The first-order valence-electron chi connectivity index (χ1n) is 8.12. The molecular formula is C18H25NO. The van der Waals surface area contributed by atoms with Crippen LogP contribution in [0.2, 0.25) is 0 Å². The average molecular weight is 271 g/mol. The van der Waals surface area contributed by atoms with E-state index in [0.717, 1.165) is 12.8 Å². The van der Waals surface area contributed by atoms with Crippen LogP contribution in [0.3, 0.4) is 0 Å². The third-order valence-corrected chi connectivity index (χ3v) is 5.22. The summed E-state index contributed by atoms with van der Waals surface area (Å²) in [5.74, 6) is 0.270. The minimum atomic E-state index is 0.230. The Kier molecular flexibility index (Phi) is 4.09. The highest BCUT2D eigenvalue weighted by Crippen LogP contribution is 2.44. The molecule has 3 rings (SSSR count). The zero-order valence-corrected chi connectivity index (χ0v) is 12.2. The van der Waals surface area contributed by atoms with Crippen LogP contribution in [-0.2, 0) is 11.2 Å². The highest BCUT2D eigenvalue weighted by molar-refractivity contribution is 5.80. The van der Waals surface area contributed by atoms with Gasteiger partial charge in [0.05, 0.1) is 0 Å². The highest BCUT2D eigenvalue weighted by Gasteiger charge is 2.45. The number of amides is 1. The molecule has 2 heteroatoms. The number of hydrogen-bond acceptors (Lipinski definition) is 1. The first kappa shape index (κ1) is 13.7. The fourth-order valence-corrected chi connectivity index (χ4v) is 4.09. The molecular weight excluding hydrogens is 246 g/mol. The van der Waals surface area contributed by atoms with Crippen molar-refractivity contribution in [3.8, 4) is 0 Å². The van der Waals surface area contributed by atoms with Gasteiger partial charge < -0.3 is 5.32 Å². The molecule has 0 bridgehead atoms. The van der Waals surface area contributed by atoms with Crippen molar-refractivity contribution < 1.29 is 4.79 Å². The summed E-state index contributed by atoms with van der Waals surface area (Å²) in [6.07, 6.45) is 10.8. The molecule has 2 fully saturated rings. The molecule has 0 radical (unpaired) electrons. The van der Waals surface area contributed by atoms with Crippen LogP contribution in [0, 0.1) is 5.41 Å². The number of benzene rings is 1. The SMILES string of the molecule is O=C1CC2(CCCCCCC2)C(Cc2ccccc2)N1. The van der Waals surface area contributed by atoms with E-state index in [2.05, 4.69) is 35.6 Å². The van der Waals surface area contributed by atoms with E-state index in [1.165, 1.54) is 50.5 Å². The predicted molar refractivity (Wildman–Crippen MR) is 81.4 cm³/mol. The number of hydrogen-bond donors (Lipinski definition) is 1. The van der Waals surface area contributed by atoms with Crippen molar-refractivity contribution in [3.05, 3.63) is 35.9 Å². The first-order valence-corrected chi connectivity index (χ1v) is 8.12.